The summed E-state index contributed by atoms with van der Waals surface area (Å²) < 4.78 is 26.7. The molecule has 0 bridgehead atoms. The Morgan fingerprint density at radius 3 is 2.48 bits per heavy atom. The van der Waals surface area contributed by atoms with E-state index in [0.717, 1.165) is 11.1 Å². The van der Waals surface area contributed by atoms with Crippen molar-refractivity contribution in [2.45, 2.75) is 11.8 Å². The van der Waals surface area contributed by atoms with Crippen LogP contribution in [-0.2, 0) is 10.0 Å². The molecule has 3 nitrogen and oxygen atoms in total. The lowest BCUT2D eigenvalue weighted by Gasteiger charge is -2.16. The molecule has 1 heterocycles. The Morgan fingerprint density at radius 2 is 1.76 bits per heavy atom. The molecule has 3 rings (SSSR count). The average Bonchev–Trinajstić information content (AvgIpc) is 2.99. The fourth-order valence-corrected chi connectivity index (χ4v) is 3.89. The maximum absolute atomic E-state index is 12.6. The molecule has 0 radical (unpaired) electrons. The summed E-state index contributed by atoms with van der Waals surface area (Å²) in [5.41, 5.74) is 3.34. The summed E-state index contributed by atoms with van der Waals surface area (Å²) in [4.78, 5) is 0.351. The van der Waals surface area contributed by atoms with E-state index in [-0.39, 0.29) is 0 Å². The zero-order valence-electron chi connectivity index (χ0n) is 11.9. The number of aryl methyl sites for hydroxylation is 1. The third kappa shape index (κ3) is 2.77. The maximum atomic E-state index is 12.6. The summed E-state index contributed by atoms with van der Waals surface area (Å²) in [6.07, 6.45) is 2.00. The van der Waals surface area contributed by atoms with Crippen LogP contribution in [0.2, 0.25) is 0 Å². The first kappa shape index (κ1) is 14.0. The van der Waals surface area contributed by atoms with Crippen molar-refractivity contribution in [2.24, 2.45) is 0 Å². The summed E-state index contributed by atoms with van der Waals surface area (Å²) in [6, 6.07) is 16.7. The standard InChI is InChI=1S/C17H17NO2S/c1-14-6-5-7-15(12-14)16-10-11-18(13-16)21(19,20)17-8-3-2-4-9-17/h2-10,12H,11,13H2,1H3. The van der Waals surface area contributed by atoms with Crippen molar-refractivity contribution in [3.05, 3.63) is 71.8 Å². The Morgan fingerprint density at radius 1 is 1.00 bits per heavy atom. The van der Waals surface area contributed by atoms with Crippen molar-refractivity contribution in [3.63, 3.8) is 0 Å². The van der Waals surface area contributed by atoms with Crippen LogP contribution in [0.4, 0.5) is 0 Å². The Hall–Kier alpha value is -1.91. The molecule has 0 atom stereocenters. The number of nitrogens with zero attached hydrogens (tertiary/aromatic N) is 1. The molecule has 1 aliphatic heterocycles. The van der Waals surface area contributed by atoms with E-state index in [1.165, 1.54) is 9.87 Å². The van der Waals surface area contributed by atoms with Gasteiger partial charge in [0, 0.05) is 13.1 Å². The maximum Gasteiger partial charge on any atom is 0.243 e. The Balaban J connectivity index is 1.83. The Labute approximate surface area is 125 Å². The van der Waals surface area contributed by atoms with Crippen molar-refractivity contribution in [2.75, 3.05) is 13.1 Å². The molecule has 0 unspecified atom stereocenters. The van der Waals surface area contributed by atoms with Gasteiger partial charge in [-0.1, -0.05) is 54.1 Å². The van der Waals surface area contributed by atoms with Gasteiger partial charge in [0.2, 0.25) is 10.0 Å². The van der Waals surface area contributed by atoms with Gasteiger partial charge in [0.1, 0.15) is 0 Å². The Kier molecular flexibility index (Phi) is 3.66. The van der Waals surface area contributed by atoms with Crippen LogP contribution in [0, 0.1) is 6.92 Å². The van der Waals surface area contributed by atoms with Gasteiger partial charge in [0.05, 0.1) is 4.90 Å². The Bertz CT molecular complexity index is 779. The molecule has 1 aliphatic rings. The van der Waals surface area contributed by atoms with Crippen molar-refractivity contribution < 1.29 is 8.42 Å². The highest BCUT2D eigenvalue weighted by Gasteiger charge is 2.28. The van der Waals surface area contributed by atoms with Gasteiger partial charge in [-0.25, -0.2) is 8.42 Å². The monoisotopic (exact) mass is 299 g/mol. The number of hydrogen-bond acceptors (Lipinski definition) is 2. The molecule has 0 fully saturated rings. The number of hydrogen-bond donors (Lipinski definition) is 0. The lowest BCUT2D eigenvalue weighted by Crippen LogP contribution is -2.29. The molecule has 0 amide bonds. The van der Waals surface area contributed by atoms with E-state index < -0.39 is 10.0 Å². The minimum atomic E-state index is -3.41. The normalized spacial score (nSPS) is 16.0. The summed E-state index contributed by atoms with van der Waals surface area (Å²) in [5.74, 6) is 0. The second-order valence-corrected chi connectivity index (χ2v) is 7.15. The van der Waals surface area contributed by atoms with E-state index in [4.69, 9.17) is 0 Å². The van der Waals surface area contributed by atoms with Crippen LogP contribution >= 0.6 is 0 Å². The highest BCUT2D eigenvalue weighted by Crippen LogP contribution is 2.26. The van der Waals surface area contributed by atoms with Crippen molar-refractivity contribution in [1.82, 2.24) is 4.31 Å². The zero-order chi connectivity index (χ0) is 14.9. The molecule has 108 valence electrons. The van der Waals surface area contributed by atoms with Gasteiger partial charge in [0.25, 0.3) is 0 Å². The van der Waals surface area contributed by atoms with E-state index in [2.05, 4.69) is 6.07 Å². The van der Waals surface area contributed by atoms with E-state index in [1.807, 2.05) is 37.3 Å². The SMILES string of the molecule is Cc1cccc(C2=CCN(S(=O)(=O)c3ccccc3)C2)c1. The molecule has 0 aromatic heterocycles. The molecular weight excluding hydrogens is 282 g/mol. The third-order valence-corrected chi connectivity index (χ3v) is 5.48. The lowest BCUT2D eigenvalue weighted by atomic mass is 10.0. The predicted molar refractivity (Wildman–Crippen MR) is 84.4 cm³/mol. The molecule has 0 saturated carbocycles. The van der Waals surface area contributed by atoms with Gasteiger partial charge in [-0.2, -0.15) is 4.31 Å². The molecule has 0 aliphatic carbocycles. The third-order valence-electron chi connectivity index (χ3n) is 3.66. The van der Waals surface area contributed by atoms with Crippen molar-refractivity contribution in [1.29, 1.82) is 0 Å². The van der Waals surface area contributed by atoms with E-state index in [1.54, 1.807) is 24.3 Å². The summed E-state index contributed by atoms with van der Waals surface area (Å²) in [7, 11) is -3.41. The van der Waals surface area contributed by atoms with Crippen LogP contribution in [-0.4, -0.2) is 25.8 Å². The summed E-state index contributed by atoms with van der Waals surface area (Å²) >= 11 is 0. The number of benzene rings is 2. The fourth-order valence-electron chi connectivity index (χ4n) is 2.51. The minimum Gasteiger partial charge on any atom is -0.207 e. The highest BCUT2D eigenvalue weighted by atomic mass is 32.2. The van der Waals surface area contributed by atoms with Gasteiger partial charge < -0.3 is 0 Å². The first-order valence-corrected chi connectivity index (χ1v) is 8.33. The molecule has 0 N–H and O–H groups in total. The van der Waals surface area contributed by atoms with Gasteiger partial charge in [-0.05, 0) is 30.2 Å². The summed E-state index contributed by atoms with van der Waals surface area (Å²) in [5, 5.41) is 0. The second-order valence-electron chi connectivity index (χ2n) is 5.21. The molecule has 4 heteroatoms. The quantitative estimate of drug-likeness (QED) is 0.873. The first-order valence-electron chi connectivity index (χ1n) is 6.89. The highest BCUT2D eigenvalue weighted by molar-refractivity contribution is 7.89. The second kappa shape index (κ2) is 5.47. The van der Waals surface area contributed by atoms with Gasteiger partial charge in [-0.3, -0.25) is 0 Å². The van der Waals surface area contributed by atoms with Crippen LogP contribution in [0.1, 0.15) is 11.1 Å². The molecular formula is C17H17NO2S. The van der Waals surface area contributed by atoms with E-state index in [0.29, 0.717) is 18.0 Å². The largest absolute Gasteiger partial charge is 0.243 e. The van der Waals surface area contributed by atoms with Crippen LogP contribution in [0.3, 0.4) is 0 Å². The van der Waals surface area contributed by atoms with Crippen LogP contribution in [0.15, 0.2) is 65.6 Å². The zero-order valence-corrected chi connectivity index (χ0v) is 12.7. The molecule has 21 heavy (non-hydrogen) atoms. The van der Waals surface area contributed by atoms with Crippen LogP contribution in [0.25, 0.3) is 5.57 Å². The van der Waals surface area contributed by atoms with E-state index in [9.17, 15) is 8.42 Å². The van der Waals surface area contributed by atoms with E-state index >= 15 is 0 Å². The van der Waals surface area contributed by atoms with Crippen LogP contribution < -0.4 is 0 Å². The average molecular weight is 299 g/mol. The predicted octanol–water partition coefficient (Wildman–Crippen LogP) is 3.08. The minimum absolute atomic E-state index is 0.351. The van der Waals surface area contributed by atoms with Gasteiger partial charge in [0.15, 0.2) is 0 Å². The smallest absolute Gasteiger partial charge is 0.207 e. The van der Waals surface area contributed by atoms with Gasteiger partial charge >= 0.3 is 0 Å². The molecule has 2 aromatic rings. The van der Waals surface area contributed by atoms with Crippen LogP contribution in [0.5, 0.6) is 0 Å². The van der Waals surface area contributed by atoms with Crippen molar-refractivity contribution >= 4 is 15.6 Å². The summed E-state index contributed by atoms with van der Waals surface area (Å²) in [6.45, 7) is 2.90. The lowest BCUT2D eigenvalue weighted by molar-refractivity contribution is 0.490. The molecule has 0 spiro atoms. The van der Waals surface area contributed by atoms with Gasteiger partial charge in [-0.15, -0.1) is 0 Å². The molecule has 2 aromatic carbocycles. The number of rotatable bonds is 3. The first-order chi connectivity index (χ1) is 10.1. The fraction of sp³-hybridized carbons (Fsp3) is 0.176. The number of sulfonamides is 1. The topological polar surface area (TPSA) is 37.4 Å². The van der Waals surface area contributed by atoms with Crippen molar-refractivity contribution in [3.8, 4) is 0 Å². The molecule has 0 saturated heterocycles.